The number of benzene rings is 8. The summed E-state index contributed by atoms with van der Waals surface area (Å²) in [7, 11) is 0. The molecule has 2 heterocycles. The lowest BCUT2D eigenvalue weighted by molar-refractivity contribution is 0.660. The van der Waals surface area contributed by atoms with Crippen LogP contribution in [0.5, 0.6) is 0 Å². The van der Waals surface area contributed by atoms with Gasteiger partial charge in [0.25, 0.3) is 0 Å². The Hall–Kier alpha value is -6.84. The minimum atomic E-state index is -0.144. The molecule has 0 fully saturated rings. The van der Waals surface area contributed by atoms with Crippen LogP contribution in [-0.2, 0) is 5.41 Å². The average molecular weight is 694 g/mol. The van der Waals surface area contributed by atoms with Crippen LogP contribution >= 0.6 is 0 Å². The van der Waals surface area contributed by atoms with Crippen LogP contribution in [0.2, 0.25) is 0 Å². The largest absolute Gasteiger partial charge is 0.456 e. The topological polar surface area (TPSA) is 29.5 Å². The molecule has 3 nitrogen and oxygen atoms in total. The standard InChI is InChI=1S/C51H35NO2/c1-51(2)42-19-11-9-17-38(42)39-26-25-37(31-43(39)51)52(36-15-7-4-8-16-36)44-30-35(34-23-21-33(22-24-34)32-13-5-3-6-14-32)29-41-49-47(54-50(41)44)28-27-46-48(49)40-18-10-12-20-45(40)53-46/h3-31H,1-2H3. The molecule has 1 aliphatic carbocycles. The van der Waals surface area contributed by atoms with Crippen LogP contribution < -0.4 is 4.90 Å². The number of hydrogen-bond acceptors (Lipinski definition) is 3. The molecule has 0 saturated carbocycles. The number of para-hydroxylation sites is 2. The number of nitrogens with zero attached hydrogens (tertiary/aromatic N) is 1. The van der Waals surface area contributed by atoms with Crippen molar-refractivity contribution in [2.45, 2.75) is 19.3 Å². The third-order valence-electron chi connectivity index (χ3n) is 11.5. The molecule has 2 aromatic heterocycles. The summed E-state index contributed by atoms with van der Waals surface area (Å²) in [5, 5.41) is 4.28. The molecule has 0 N–H and O–H groups in total. The monoisotopic (exact) mass is 693 g/mol. The highest BCUT2D eigenvalue weighted by Crippen LogP contribution is 2.52. The summed E-state index contributed by atoms with van der Waals surface area (Å²) in [6, 6.07) is 62.9. The second-order valence-corrected chi connectivity index (χ2v) is 14.9. The van der Waals surface area contributed by atoms with Gasteiger partial charge in [0.15, 0.2) is 5.58 Å². The van der Waals surface area contributed by atoms with Crippen molar-refractivity contribution in [3.8, 4) is 33.4 Å². The Labute approximate surface area is 313 Å². The van der Waals surface area contributed by atoms with Crippen molar-refractivity contribution >= 4 is 60.9 Å². The van der Waals surface area contributed by atoms with Crippen molar-refractivity contribution in [2.24, 2.45) is 0 Å². The summed E-state index contributed by atoms with van der Waals surface area (Å²) in [6.07, 6.45) is 0. The summed E-state index contributed by atoms with van der Waals surface area (Å²) >= 11 is 0. The van der Waals surface area contributed by atoms with Gasteiger partial charge in [0.1, 0.15) is 16.7 Å². The zero-order chi connectivity index (χ0) is 36.0. The first-order valence-electron chi connectivity index (χ1n) is 18.6. The second kappa shape index (κ2) is 11.6. The van der Waals surface area contributed by atoms with Gasteiger partial charge in [-0.3, -0.25) is 0 Å². The lowest BCUT2D eigenvalue weighted by atomic mass is 9.82. The normalized spacial score (nSPS) is 13.1. The zero-order valence-corrected chi connectivity index (χ0v) is 30.0. The van der Waals surface area contributed by atoms with Gasteiger partial charge in [-0.2, -0.15) is 0 Å². The Bertz CT molecular complexity index is 3060. The van der Waals surface area contributed by atoms with E-state index in [1.54, 1.807) is 0 Å². The molecule has 0 radical (unpaired) electrons. The van der Waals surface area contributed by atoms with Crippen LogP contribution in [0.4, 0.5) is 17.1 Å². The summed E-state index contributed by atoms with van der Waals surface area (Å²) in [5.41, 5.74) is 16.3. The first-order chi connectivity index (χ1) is 26.5. The molecule has 0 atom stereocenters. The van der Waals surface area contributed by atoms with Crippen molar-refractivity contribution in [1.29, 1.82) is 0 Å². The maximum absolute atomic E-state index is 7.00. The van der Waals surface area contributed by atoms with Crippen molar-refractivity contribution in [3.05, 3.63) is 187 Å². The van der Waals surface area contributed by atoms with E-state index in [2.05, 4.69) is 176 Å². The maximum atomic E-state index is 7.00. The SMILES string of the molecule is CC1(C)c2ccccc2-c2ccc(N(c3ccccc3)c3cc(-c4ccc(-c5ccccc5)cc4)cc4c3oc3ccc5oc6ccccc6c5c34)cc21. The summed E-state index contributed by atoms with van der Waals surface area (Å²) in [4.78, 5) is 2.37. The highest BCUT2D eigenvalue weighted by molar-refractivity contribution is 6.27. The third kappa shape index (κ3) is 4.55. The van der Waals surface area contributed by atoms with E-state index in [4.69, 9.17) is 8.83 Å². The van der Waals surface area contributed by atoms with Gasteiger partial charge in [0.2, 0.25) is 0 Å². The van der Waals surface area contributed by atoms with E-state index < -0.39 is 0 Å². The van der Waals surface area contributed by atoms with Gasteiger partial charge >= 0.3 is 0 Å². The van der Waals surface area contributed by atoms with E-state index in [1.807, 2.05) is 18.2 Å². The lowest BCUT2D eigenvalue weighted by Crippen LogP contribution is -2.16. The fourth-order valence-electron chi connectivity index (χ4n) is 8.82. The van der Waals surface area contributed by atoms with Gasteiger partial charge < -0.3 is 13.7 Å². The molecule has 0 saturated heterocycles. The Kier molecular flexibility index (Phi) is 6.60. The predicted molar refractivity (Wildman–Crippen MR) is 224 cm³/mol. The summed E-state index contributed by atoms with van der Waals surface area (Å²) in [6.45, 7) is 4.68. The molecule has 1 aliphatic rings. The second-order valence-electron chi connectivity index (χ2n) is 14.9. The average Bonchev–Trinajstić information content (AvgIpc) is 3.86. The van der Waals surface area contributed by atoms with E-state index in [-0.39, 0.29) is 5.41 Å². The van der Waals surface area contributed by atoms with Crippen LogP contribution in [0.25, 0.3) is 77.3 Å². The Morgan fingerprint density at radius 1 is 0.407 bits per heavy atom. The maximum Gasteiger partial charge on any atom is 0.159 e. The summed E-state index contributed by atoms with van der Waals surface area (Å²) in [5.74, 6) is 0. The smallest absolute Gasteiger partial charge is 0.159 e. The summed E-state index contributed by atoms with van der Waals surface area (Å²) < 4.78 is 13.4. The van der Waals surface area contributed by atoms with Gasteiger partial charge in [-0.15, -0.1) is 0 Å². The minimum Gasteiger partial charge on any atom is -0.456 e. The molecule has 10 aromatic rings. The molecule has 0 aliphatic heterocycles. The number of fused-ring (bicyclic) bond motifs is 10. The first kappa shape index (κ1) is 30.8. The van der Waals surface area contributed by atoms with Crippen LogP contribution in [-0.4, -0.2) is 0 Å². The molecule has 0 spiro atoms. The van der Waals surface area contributed by atoms with Crippen molar-refractivity contribution in [3.63, 3.8) is 0 Å². The van der Waals surface area contributed by atoms with Crippen molar-refractivity contribution in [1.82, 2.24) is 0 Å². The Morgan fingerprint density at radius 2 is 1.02 bits per heavy atom. The van der Waals surface area contributed by atoms with Gasteiger partial charge in [0, 0.05) is 38.3 Å². The van der Waals surface area contributed by atoms with Gasteiger partial charge in [-0.05, 0) is 99.1 Å². The van der Waals surface area contributed by atoms with E-state index in [0.29, 0.717) is 0 Å². The molecule has 0 amide bonds. The van der Waals surface area contributed by atoms with E-state index >= 15 is 0 Å². The fourth-order valence-corrected chi connectivity index (χ4v) is 8.82. The molecular formula is C51H35NO2. The fraction of sp³-hybridized carbons (Fsp3) is 0.0588. The zero-order valence-electron chi connectivity index (χ0n) is 30.0. The highest BCUT2D eigenvalue weighted by atomic mass is 16.3. The number of rotatable bonds is 5. The van der Waals surface area contributed by atoms with Crippen LogP contribution in [0.1, 0.15) is 25.0 Å². The molecular weight excluding hydrogens is 659 g/mol. The van der Waals surface area contributed by atoms with Crippen LogP contribution in [0.3, 0.4) is 0 Å². The molecule has 54 heavy (non-hydrogen) atoms. The predicted octanol–water partition coefficient (Wildman–Crippen LogP) is 14.6. The van der Waals surface area contributed by atoms with E-state index in [1.165, 1.54) is 33.4 Å². The first-order valence-corrected chi connectivity index (χ1v) is 18.6. The van der Waals surface area contributed by atoms with E-state index in [0.717, 1.165) is 72.1 Å². The number of furan rings is 2. The number of anilines is 3. The van der Waals surface area contributed by atoms with Crippen molar-refractivity contribution in [2.75, 3.05) is 4.90 Å². The Morgan fingerprint density at radius 3 is 1.81 bits per heavy atom. The van der Waals surface area contributed by atoms with Crippen molar-refractivity contribution < 1.29 is 8.83 Å². The molecule has 11 rings (SSSR count). The lowest BCUT2D eigenvalue weighted by Gasteiger charge is -2.28. The molecule has 256 valence electrons. The van der Waals surface area contributed by atoms with Crippen LogP contribution in [0, 0.1) is 0 Å². The molecule has 0 bridgehead atoms. The third-order valence-corrected chi connectivity index (χ3v) is 11.5. The van der Waals surface area contributed by atoms with Gasteiger partial charge in [-0.25, -0.2) is 0 Å². The minimum absolute atomic E-state index is 0.144. The highest BCUT2D eigenvalue weighted by Gasteiger charge is 2.36. The molecule has 3 heteroatoms. The van der Waals surface area contributed by atoms with Gasteiger partial charge in [-0.1, -0.05) is 135 Å². The van der Waals surface area contributed by atoms with E-state index in [9.17, 15) is 0 Å². The van der Waals surface area contributed by atoms with Gasteiger partial charge in [0.05, 0.1) is 5.69 Å². The molecule has 0 unspecified atom stereocenters. The Balaban J connectivity index is 1.20. The quantitative estimate of drug-likeness (QED) is 0.180. The van der Waals surface area contributed by atoms with Crippen LogP contribution in [0.15, 0.2) is 185 Å². The molecule has 8 aromatic carbocycles. The number of hydrogen-bond donors (Lipinski definition) is 0.